The van der Waals surface area contributed by atoms with Crippen LogP contribution >= 0.6 is 0 Å². The molecular weight excluding hydrogens is 524 g/mol. The Morgan fingerprint density at radius 1 is 1.31 bits per heavy atom. The van der Waals surface area contributed by atoms with E-state index in [1.165, 1.54) is 32.2 Å². The molecule has 0 amide bonds. The minimum atomic E-state index is -3.63. The standard InChI is InChI=1S/C28H35F2N5O3S/c1-18(30)15-32-16-22-5-7-23(8-6-22)20(3)35-38-21(4)27-28(31)33-17-26(34-27)24-9-11-25(12-10-24)39(36,37)19(2)13-14-29/h5-7,9-12,17-19,23,32H,4,8,13-16H2,1-3H3,(H2,31,33)/b35-20+. The number of nitrogen functional groups attached to an aromatic ring is 1. The molecule has 1 aliphatic carbocycles. The topological polar surface area (TPSA) is 120 Å². The van der Waals surface area contributed by atoms with Gasteiger partial charge in [0.1, 0.15) is 6.17 Å². The Bertz CT molecular complexity index is 1360. The van der Waals surface area contributed by atoms with Gasteiger partial charge in [0, 0.05) is 24.6 Å². The number of benzene rings is 1. The number of hydrogen-bond acceptors (Lipinski definition) is 8. The molecule has 11 heteroatoms. The Morgan fingerprint density at radius 2 is 2.03 bits per heavy atom. The summed E-state index contributed by atoms with van der Waals surface area (Å²) in [6, 6.07) is 6.14. The molecule has 0 bridgehead atoms. The van der Waals surface area contributed by atoms with Crippen molar-refractivity contribution >= 4 is 27.1 Å². The first-order valence-corrected chi connectivity index (χ1v) is 14.2. The predicted molar refractivity (Wildman–Crippen MR) is 151 cm³/mol. The molecule has 1 heterocycles. The van der Waals surface area contributed by atoms with Crippen molar-refractivity contribution in [2.75, 3.05) is 25.5 Å². The van der Waals surface area contributed by atoms with Crippen LogP contribution in [0.15, 0.2) is 70.9 Å². The van der Waals surface area contributed by atoms with Crippen LogP contribution in [-0.2, 0) is 14.7 Å². The van der Waals surface area contributed by atoms with Crippen LogP contribution < -0.4 is 11.1 Å². The monoisotopic (exact) mass is 559 g/mol. The van der Waals surface area contributed by atoms with E-state index in [4.69, 9.17) is 10.6 Å². The average Bonchev–Trinajstić information content (AvgIpc) is 2.92. The van der Waals surface area contributed by atoms with Crippen LogP contribution in [0.25, 0.3) is 17.0 Å². The highest BCUT2D eigenvalue weighted by Gasteiger charge is 2.23. The van der Waals surface area contributed by atoms with Gasteiger partial charge in [0.15, 0.2) is 27.1 Å². The molecule has 210 valence electrons. The van der Waals surface area contributed by atoms with Gasteiger partial charge in [-0.05, 0) is 51.3 Å². The number of oxime groups is 1. The van der Waals surface area contributed by atoms with Gasteiger partial charge in [-0.25, -0.2) is 22.8 Å². The first-order chi connectivity index (χ1) is 18.5. The van der Waals surface area contributed by atoms with E-state index < -0.39 is 27.9 Å². The normalized spacial score (nSPS) is 17.4. The van der Waals surface area contributed by atoms with E-state index in [0.29, 0.717) is 24.3 Å². The van der Waals surface area contributed by atoms with Gasteiger partial charge in [0.2, 0.25) is 0 Å². The number of allylic oxidation sites excluding steroid dienone is 2. The van der Waals surface area contributed by atoms with Crippen molar-refractivity contribution in [2.45, 2.75) is 49.9 Å². The van der Waals surface area contributed by atoms with Crippen molar-refractivity contribution in [1.82, 2.24) is 15.3 Å². The molecule has 2 aromatic rings. The van der Waals surface area contributed by atoms with Crippen LogP contribution in [0.1, 0.15) is 39.3 Å². The van der Waals surface area contributed by atoms with E-state index in [2.05, 4.69) is 33.1 Å². The zero-order valence-corrected chi connectivity index (χ0v) is 23.2. The Kier molecular flexibility index (Phi) is 10.5. The van der Waals surface area contributed by atoms with Gasteiger partial charge in [-0.15, -0.1) is 0 Å². The third-order valence-electron chi connectivity index (χ3n) is 6.36. The molecule has 0 saturated carbocycles. The number of halogens is 2. The summed E-state index contributed by atoms with van der Waals surface area (Å²) in [5.74, 6) is 0.260. The van der Waals surface area contributed by atoms with E-state index in [-0.39, 0.29) is 34.5 Å². The van der Waals surface area contributed by atoms with Gasteiger partial charge in [0.05, 0.1) is 34.4 Å². The highest BCUT2D eigenvalue weighted by molar-refractivity contribution is 7.92. The predicted octanol–water partition coefficient (Wildman–Crippen LogP) is 5.06. The summed E-state index contributed by atoms with van der Waals surface area (Å²) in [5.41, 5.74) is 9.10. The summed E-state index contributed by atoms with van der Waals surface area (Å²) >= 11 is 0. The zero-order chi connectivity index (χ0) is 28.6. The van der Waals surface area contributed by atoms with E-state index >= 15 is 0 Å². The molecule has 1 aromatic heterocycles. The van der Waals surface area contributed by atoms with E-state index in [1.54, 1.807) is 12.1 Å². The zero-order valence-electron chi connectivity index (χ0n) is 22.4. The SMILES string of the molecule is C=C(O/N=C(\C)C1C=CC(CNCC(C)F)=CC1)c1nc(-c2ccc(S(=O)(=O)C(C)CCF)cc2)cnc1N. The van der Waals surface area contributed by atoms with Crippen molar-refractivity contribution in [3.63, 3.8) is 0 Å². The Hall–Kier alpha value is -3.44. The largest absolute Gasteiger partial charge is 0.382 e. The molecule has 3 N–H and O–H groups in total. The lowest BCUT2D eigenvalue weighted by Gasteiger charge is -2.16. The number of hydrogen-bond donors (Lipinski definition) is 2. The van der Waals surface area contributed by atoms with Gasteiger partial charge < -0.3 is 15.9 Å². The molecule has 0 spiro atoms. The fourth-order valence-corrected chi connectivity index (χ4v) is 5.24. The first kappa shape index (κ1) is 30.1. The summed E-state index contributed by atoms with van der Waals surface area (Å²) in [6.07, 6.45) is 7.35. The van der Waals surface area contributed by atoms with E-state index in [1.807, 2.05) is 19.1 Å². The first-order valence-electron chi connectivity index (χ1n) is 12.7. The molecule has 0 saturated heterocycles. The number of rotatable bonds is 13. The van der Waals surface area contributed by atoms with Crippen molar-refractivity contribution in [3.8, 4) is 11.3 Å². The third kappa shape index (κ3) is 8.03. The number of aromatic nitrogens is 2. The Morgan fingerprint density at radius 3 is 2.64 bits per heavy atom. The number of nitrogens with one attached hydrogen (secondary N) is 1. The minimum absolute atomic E-state index is 0.0406. The lowest BCUT2D eigenvalue weighted by atomic mass is 9.93. The maximum atomic E-state index is 12.9. The average molecular weight is 560 g/mol. The van der Waals surface area contributed by atoms with E-state index in [9.17, 15) is 17.2 Å². The fraction of sp³-hybridized carbons (Fsp3) is 0.393. The van der Waals surface area contributed by atoms with Gasteiger partial charge in [0.25, 0.3) is 0 Å². The molecule has 1 aliphatic rings. The van der Waals surface area contributed by atoms with Gasteiger partial charge >= 0.3 is 0 Å². The molecule has 3 rings (SSSR count). The molecule has 0 radical (unpaired) electrons. The molecule has 3 unspecified atom stereocenters. The summed E-state index contributed by atoms with van der Waals surface area (Å²) in [5, 5.41) is 6.45. The summed E-state index contributed by atoms with van der Waals surface area (Å²) < 4.78 is 50.8. The van der Waals surface area contributed by atoms with Gasteiger partial charge in [-0.1, -0.05) is 42.1 Å². The van der Waals surface area contributed by atoms with Crippen LogP contribution in [0.4, 0.5) is 14.6 Å². The molecule has 3 atom stereocenters. The van der Waals surface area contributed by atoms with Crippen molar-refractivity contribution < 1.29 is 22.0 Å². The van der Waals surface area contributed by atoms with Gasteiger partial charge in [-0.3, -0.25) is 4.39 Å². The lowest BCUT2D eigenvalue weighted by molar-refractivity contribution is 0.295. The van der Waals surface area contributed by atoms with Crippen molar-refractivity contribution in [1.29, 1.82) is 0 Å². The molecule has 8 nitrogen and oxygen atoms in total. The number of anilines is 1. The second-order valence-corrected chi connectivity index (χ2v) is 11.9. The third-order valence-corrected chi connectivity index (χ3v) is 8.58. The van der Waals surface area contributed by atoms with Crippen LogP contribution in [0, 0.1) is 5.92 Å². The van der Waals surface area contributed by atoms with Crippen LogP contribution in [0.3, 0.4) is 0 Å². The lowest BCUT2D eigenvalue weighted by Crippen LogP contribution is -2.24. The number of sulfone groups is 1. The molecule has 0 aliphatic heterocycles. The highest BCUT2D eigenvalue weighted by atomic mass is 32.2. The van der Waals surface area contributed by atoms with Crippen molar-refractivity contribution in [3.05, 3.63) is 66.5 Å². The quantitative estimate of drug-likeness (QED) is 0.200. The van der Waals surface area contributed by atoms with Crippen LogP contribution in [0.2, 0.25) is 0 Å². The second kappa shape index (κ2) is 13.6. The van der Waals surface area contributed by atoms with Crippen molar-refractivity contribution in [2.24, 2.45) is 11.1 Å². The van der Waals surface area contributed by atoms with Gasteiger partial charge in [-0.2, -0.15) is 0 Å². The summed E-state index contributed by atoms with van der Waals surface area (Å²) in [6.45, 7) is 8.96. The number of nitrogens with zero attached hydrogens (tertiary/aromatic N) is 3. The number of alkyl halides is 2. The number of nitrogens with two attached hydrogens (primary N) is 1. The summed E-state index contributed by atoms with van der Waals surface area (Å²) in [4.78, 5) is 14.3. The Balaban J connectivity index is 1.66. The van der Waals surface area contributed by atoms with Crippen LogP contribution in [-0.4, -0.2) is 55.3 Å². The molecule has 0 fully saturated rings. The maximum absolute atomic E-state index is 12.9. The molecule has 1 aromatic carbocycles. The Labute approximate surface area is 228 Å². The molecule has 39 heavy (non-hydrogen) atoms. The minimum Gasteiger partial charge on any atom is -0.382 e. The highest BCUT2D eigenvalue weighted by Crippen LogP contribution is 2.26. The van der Waals surface area contributed by atoms with Crippen LogP contribution in [0.5, 0.6) is 0 Å². The maximum Gasteiger partial charge on any atom is 0.181 e. The second-order valence-electron chi connectivity index (χ2n) is 9.49. The fourth-order valence-electron chi connectivity index (χ4n) is 3.86. The smallest absolute Gasteiger partial charge is 0.181 e. The summed E-state index contributed by atoms with van der Waals surface area (Å²) in [7, 11) is -3.63. The van der Waals surface area contributed by atoms with E-state index in [0.717, 1.165) is 17.7 Å². The molecular formula is C28H35F2N5O3S.